The molecule has 1 aromatic carbocycles. The minimum absolute atomic E-state index is 0.0653. The summed E-state index contributed by atoms with van der Waals surface area (Å²) in [6, 6.07) is 9.74. The first-order valence-electron chi connectivity index (χ1n) is 6.07. The third-order valence-corrected chi connectivity index (χ3v) is 2.90. The summed E-state index contributed by atoms with van der Waals surface area (Å²) in [6.07, 6.45) is 2.52. The van der Waals surface area contributed by atoms with Gasteiger partial charge < -0.3 is 10.2 Å². The molecule has 106 valence electrons. The molecule has 0 aliphatic carbocycles. The number of nitrogens with zero attached hydrogens (tertiary/aromatic N) is 1. The first-order valence-corrected chi connectivity index (χ1v) is 6.07. The van der Waals surface area contributed by atoms with Gasteiger partial charge >= 0.3 is 11.9 Å². The van der Waals surface area contributed by atoms with Crippen molar-refractivity contribution in [2.45, 2.75) is 6.54 Å². The predicted molar refractivity (Wildman–Crippen MR) is 71.3 cm³/mol. The van der Waals surface area contributed by atoms with E-state index in [9.17, 15) is 14.4 Å². The van der Waals surface area contributed by atoms with Crippen LogP contribution in [0.4, 0.5) is 0 Å². The van der Waals surface area contributed by atoms with Crippen molar-refractivity contribution in [3.05, 3.63) is 65.5 Å². The van der Waals surface area contributed by atoms with Crippen LogP contribution < -0.4 is 4.57 Å². The zero-order valence-corrected chi connectivity index (χ0v) is 10.9. The van der Waals surface area contributed by atoms with E-state index in [1.807, 2.05) is 0 Å². The summed E-state index contributed by atoms with van der Waals surface area (Å²) in [4.78, 5) is 34.0. The van der Waals surface area contributed by atoms with Gasteiger partial charge in [0.05, 0.1) is 5.56 Å². The largest absolute Gasteiger partial charge is 0.478 e. The molecule has 0 atom stereocenters. The van der Waals surface area contributed by atoms with Crippen LogP contribution in [-0.4, -0.2) is 27.9 Å². The van der Waals surface area contributed by atoms with Crippen LogP contribution in [0.2, 0.25) is 0 Å². The van der Waals surface area contributed by atoms with Gasteiger partial charge in [0.25, 0.3) is 0 Å². The van der Waals surface area contributed by atoms with E-state index in [2.05, 4.69) is 0 Å². The number of carboxylic acids is 2. The van der Waals surface area contributed by atoms with Gasteiger partial charge in [0.1, 0.15) is 5.56 Å². The van der Waals surface area contributed by atoms with Crippen molar-refractivity contribution in [3.63, 3.8) is 0 Å². The van der Waals surface area contributed by atoms with Crippen LogP contribution in [0.25, 0.3) is 0 Å². The van der Waals surface area contributed by atoms with Gasteiger partial charge in [-0.1, -0.05) is 30.3 Å². The number of aromatic nitrogens is 1. The van der Waals surface area contributed by atoms with E-state index in [1.165, 1.54) is 16.8 Å². The molecular formula is C15H12NO5+. The SMILES string of the molecule is O=C(C[n+]1ccc(C(=O)O)c(C(=O)O)c1)c1ccccc1. The lowest BCUT2D eigenvalue weighted by molar-refractivity contribution is -0.683. The molecule has 2 aromatic rings. The van der Waals surface area contributed by atoms with Gasteiger partial charge in [-0.05, 0) is 0 Å². The number of carboxylic acid groups (broad SMARTS) is 2. The maximum Gasteiger partial charge on any atom is 0.342 e. The highest BCUT2D eigenvalue weighted by molar-refractivity contribution is 6.01. The standard InChI is InChI=1S/C15H11NO5/c17-13(10-4-2-1-3-5-10)9-16-7-6-11(14(18)19)12(8-16)15(20)21/h1-8H,9H2,(H-,18,19,20,21)/p+1. The molecule has 0 amide bonds. The normalized spacial score (nSPS) is 10.1. The van der Waals surface area contributed by atoms with E-state index in [1.54, 1.807) is 30.3 Å². The first kappa shape index (κ1) is 14.4. The molecule has 1 heterocycles. The number of aromatic carboxylic acids is 2. The Labute approximate surface area is 119 Å². The summed E-state index contributed by atoms with van der Waals surface area (Å²) in [6.45, 7) is -0.0653. The quantitative estimate of drug-likeness (QED) is 0.637. The van der Waals surface area contributed by atoms with Crippen molar-refractivity contribution in [1.82, 2.24) is 0 Å². The molecule has 0 unspecified atom stereocenters. The average Bonchev–Trinajstić information content (AvgIpc) is 2.47. The molecule has 0 aliphatic heterocycles. The van der Waals surface area contributed by atoms with Gasteiger partial charge in [-0.2, -0.15) is 4.57 Å². The highest BCUT2D eigenvalue weighted by Crippen LogP contribution is 2.06. The van der Waals surface area contributed by atoms with Gasteiger partial charge in [-0.25, -0.2) is 9.59 Å². The Bertz CT molecular complexity index is 709. The summed E-state index contributed by atoms with van der Waals surface area (Å²) < 4.78 is 1.35. The Morgan fingerprint density at radius 3 is 2.10 bits per heavy atom. The topological polar surface area (TPSA) is 95.5 Å². The molecule has 0 bridgehead atoms. The van der Waals surface area contributed by atoms with Crippen molar-refractivity contribution < 1.29 is 29.2 Å². The zero-order chi connectivity index (χ0) is 15.4. The Hall–Kier alpha value is -3.02. The third-order valence-electron chi connectivity index (χ3n) is 2.90. The van der Waals surface area contributed by atoms with E-state index >= 15 is 0 Å². The van der Waals surface area contributed by atoms with Crippen LogP contribution >= 0.6 is 0 Å². The predicted octanol–water partition coefficient (Wildman–Crippen LogP) is 1.25. The second-order valence-corrected chi connectivity index (χ2v) is 4.34. The Morgan fingerprint density at radius 2 is 1.52 bits per heavy atom. The van der Waals surface area contributed by atoms with Crippen LogP contribution in [0.3, 0.4) is 0 Å². The number of carbonyl (C=O) groups is 3. The Balaban J connectivity index is 2.30. The summed E-state index contributed by atoms with van der Waals surface area (Å²) in [5.41, 5.74) is -0.166. The Kier molecular flexibility index (Phi) is 4.08. The highest BCUT2D eigenvalue weighted by Gasteiger charge is 2.21. The number of ketones is 1. The Morgan fingerprint density at radius 1 is 0.905 bits per heavy atom. The number of benzene rings is 1. The van der Waals surface area contributed by atoms with Crippen LogP contribution in [0.15, 0.2) is 48.8 Å². The first-order chi connectivity index (χ1) is 9.99. The van der Waals surface area contributed by atoms with Crippen LogP contribution in [0.1, 0.15) is 31.1 Å². The van der Waals surface area contributed by atoms with E-state index in [0.717, 1.165) is 6.20 Å². The second-order valence-electron chi connectivity index (χ2n) is 4.34. The fourth-order valence-corrected chi connectivity index (χ4v) is 1.87. The van der Waals surface area contributed by atoms with Crippen LogP contribution in [0.5, 0.6) is 0 Å². The minimum atomic E-state index is -1.35. The summed E-state index contributed by atoms with van der Waals surface area (Å²) in [7, 11) is 0. The highest BCUT2D eigenvalue weighted by atomic mass is 16.4. The fraction of sp³-hybridized carbons (Fsp3) is 0.0667. The van der Waals surface area contributed by atoms with Gasteiger partial charge in [0.2, 0.25) is 12.3 Å². The average molecular weight is 286 g/mol. The van der Waals surface area contributed by atoms with Crippen molar-refractivity contribution in [1.29, 1.82) is 0 Å². The smallest absolute Gasteiger partial charge is 0.342 e. The maximum atomic E-state index is 12.0. The van der Waals surface area contributed by atoms with E-state index < -0.39 is 11.9 Å². The fourth-order valence-electron chi connectivity index (χ4n) is 1.87. The number of pyridine rings is 1. The number of hydrogen-bond donors (Lipinski definition) is 2. The molecule has 2 rings (SSSR count). The van der Waals surface area contributed by atoms with Gasteiger partial charge in [0, 0.05) is 11.6 Å². The molecule has 0 aliphatic rings. The molecule has 2 N–H and O–H groups in total. The molecule has 0 spiro atoms. The monoisotopic (exact) mass is 286 g/mol. The molecule has 0 saturated heterocycles. The van der Waals surface area contributed by atoms with E-state index in [0.29, 0.717) is 5.56 Å². The van der Waals surface area contributed by atoms with Crippen molar-refractivity contribution in [2.24, 2.45) is 0 Å². The number of carbonyl (C=O) groups excluding carboxylic acids is 1. The molecule has 0 radical (unpaired) electrons. The van der Waals surface area contributed by atoms with Crippen molar-refractivity contribution in [2.75, 3.05) is 0 Å². The van der Waals surface area contributed by atoms with Crippen LogP contribution in [0, 0.1) is 0 Å². The van der Waals surface area contributed by atoms with Crippen molar-refractivity contribution in [3.8, 4) is 0 Å². The zero-order valence-electron chi connectivity index (χ0n) is 10.9. The van der Waals surface area contributed by atoms with Crippen LogP contribution in [-0.2, 0) is 6.54 Å². The van der Waals surface area contributed by atoms with Gasteiger partial charge in [-0.15, -0.1) is 0 Å². The summed E-state index contributed by atoms with van der Waals surface area (Å²) in [5.74, 6) is -2.87. The summed E-state index contributed by atoms with van der Waals surface area (Å²) in [5, 5.41) is 18.0. The number of Topliss-reactive ketones (excluding diaryl/α,β-unsaturated/α-hetero) is 1. The van der Waals surface area contributed by atoms with E-state index in [4.69, 9.17) is 10.2 Å². The van der Waals surface area contributed by atoms with Crippen molar-refractivity contribution >= 4 is 17.7 Å². The molecule has 0 fully saturated rings. The summed E-state index contributed by atoms with van der Waals surface area (Å²) >= 11 is 0. The molecule has 6 nitrogen and oxygen atoms in total. The molecule has 6 heteroatoms. The molecule has 1 aromatic heterocycles. The number of rotatable bonds is 5. The minimum Gasteiger partial charge on any atom is -0.478 e. The second kappa shape index (κ2) is 5.96. The maximum absolute atomic E-state index is 12.0. The van der Waals surface area contributed by atoms with Gasteiger partial charge in [-0.3, -0.25) is 4.79 Å². The van der Waals surface area contributed by atoms with Gasteiger partial charge in [0.15, 0.2) is 12.4 Å². The number of hydrogen-bond acceptors (Lipinski definition) is 3. The lowest BCUT2D eigenvalue weighted by atomic mass is 10.1. The lowest BCUT2D eigenvalue weighted by Gasteiger charge is -2.01. The lowest BCUT2D eigenvalue weighted by Crippen LogP contribution is -2.38. The molecule has 21 heavy (non-hydrogen) atoms. The third kappa shape index (κ3) is 3.30. The van der Waals surface area contributed by atoms with E-state index in [-0.39, 0.29) is 23.5 Å². The molecule has 0 saturated carbocycles. The molecular weight excluding hydrogens is 274 g/mol.